The molecule has 0 saturated heterocycles. The summed E-state index contributed by atoms with van der Waals surface area (Å²) in [5, 5.41) is 4.77. The molecule has 4 nitrogen and oxygen atoms in total. The van der Waals surface area contributed by atoms with Crippen molar-refractivity contribution in [3.8, 4) is 0 Å². The number of rotatable bonds is 3. The summed E-state index contributed by atoms with van der Waals surface area (Å²) in [4.78, 5) is 12.4. The Morgan fingerprint density at radius 3 is 2.40 bits per heavy atom. The van der Waals surface area contributed by atoms with Crippen molar-refractivity contribution in [1.29, 1.82) is 0 Å². The molecule has 0 saturated carbocycles. The topological polar surface area (TPSA) is 55.4 Å². The molecule has 2 aromatic heterocycles. The Morgan fingerprint density at radius 2 is 1.75 bits per heavy atom. The maximum absolute atomic E-state index is 12.4. The number of ketones is 1. The number of carbonyl (C=O) groups excluding carboxylic acids is 1. The quantitative estimate of drug-likeness (QED) is 0.745. The number of Topliss-reactive ketones (excluding diaryl/α,β-unsaturated/α-hetero) is 1. The van der Waals surface area contributed by atoms with Crippen LogP contribution in [0.25, 0.3) is 21.9 Å². The van der Waals surface area contributed by atoms with Gasteiger partial charge in [-0.15, -0.1) is 0 Å². The molecule has 20 heavy (non-hydrogen) atoms. The standard InChI is InChI=1S/C15H14ClNO3/c1-7-4-9-12(11(18)6-17-3)14-10(5-8(2)19-14)13(16)15(9)20-7/h4-5,17H,6H2,1-3H3. The average molecular weight is 292 g/mol. The molecule has 0 radical (unpaired) electrons. The maximum atomic E-state index is 12.4. The second-order valence-electron chi connectivity index (χ2n) is 4.84. The van der Waals surface area contributed by atoms with E-state index in [1.165, 1.54) is 0 Å². The molecule has 0 unspecified atom stereocenters. The molecular formula is C15H14ClNO3. The van der Waals surface area contributed by atoms with Crippen molar-refractivity contribution >= 4 is 39.3 Å². The molecule has 5 heteroatoms. The summed E-state index contributed by atoms with van der Waals surface area (Å²) in [5.74, 6) is 1.38. The predicted molar refractivity (Wildman–Crippen MR) is 78.7 cm³/mol. The summed E-state index contributed by atoms with van der Waals surface area (Å²) in [7, 11) is 1.73. The van der Waals surface area contributed by atoms with Crippen molar-refractivity contribution in [2.45, 2.75) is 13.8 Å². The Labute approximate surface area is 120 Å². The maximum Gasteiger partial charge on any atom is 0.181 e. The van der Waals surface area contributed by atoms with Crippen LogP contribution in [0, 0.1) is 13.8 Å². The van der Waals surface area contributed by atoms with Crippen LogP contribution < -0.4 is 5.32 Å². The van der Waals surface area contributed by atoms with Gasteiger partial charge >= 0.3 is 0 Å². The number of halogens is 1. The first kappa shape index (κ1) is 13.2. The molecule has 0 amide bonds. The van der Waals surface area contributed by atoms with Crippen LogP contribution >= 0.6 is 11.6 Å². The van der Waals surface area contributed by atoms with Gasteiger partial charge in [-0.2, -0.15) is 0 Å². The number of furan rings is 2. The first-order valence-corrected chi connectivity index (χ1v) is 6.70. The lowest BCUT2D eigenvalue weighted by atomic mass is 10.0. The Balaban J connectivity index is 2.48. The lowest BCUT2D eigenvalue weighted by molar-refractivity contribution is 0.0996. The SMILES string of the molecule is CNCC(=O)c1c2cc(C)oc2c(Cl)c2cc(C)oc12. The largest absolute Gasteiger partial charge is 0.461 e. The summed E-state index contributed by atoms with van der Waals surface area (Å²) in [6.07, 6.45) is 0. The fraction of sp³-hybridized carbons (Fsp3) is 0.267. The van der Waals surface area contributed by atoms with Crippen molar-refractivity contribution in [1.82, 2.24) is 5.32 Å². The zero-order valence-corrected chi connectivity index (χ0v) is 12.2. The number of nitrogens with one attached hydrogen (secondary N) is 1. The minimum absolute atomic E-state index is 0.0469. The number of carbonyl (C=O) groups is 1. The van der Waals surface area contributed by atoms with Crippen LogP contribution in [0.3, 0.4) is 0 Å². The summed E-state index contributed by atoms with van der Waals surface area (Å²) >= 11 is 6.37. The van der Waals surface area contributed by atoms with Crippen LogP contribution in [0.4, 0.5) is 0 Å². The van der Waals surface area contributed by atoms with Gasteiger partial charge in [0, 0.05) is 10.8 Å². The van der Waals surface area contributed by atoms with E-state index < -0.39 is 0 Å². The third-order valence-corrected chi connectivity index (χ3v) is 3.63. The normalized spacial score (nSPS) is 11.6. The van der Waals surface area contributed by atoms with Crippen LogP contribution in [-0.4, -0.2) is 19.4 Å². The average Bonchev–Trinajstić information content (AvgIpc) is 2.93. The molecule has 1 aromatic carbocycles. The fourth-order valence-corrected chi connectivity index (χ4v) is 2.78. The molecule has 0 fully saturated rings. The van der Waals surface area contributed by atoms with Gasteiger partial charge in [-0.25, -0.2) is 0 Å². The lowest BCUT2D eigenvalue weighted by Crippen LogP contribution is -2.18. The number of aryl methyl sites for hydroxylation is 2. The van der Waals surface area contributed by atoms with Crippen LogP contribution in [0.5, 0.6) is 0 Å². The number of hydrogen-bond donors (Lipinski definition) is 1. The van der Waals surface area contributed by atoms with Crippen molar-refractivity contribution in [3.05, 3.63) is 34.2 Å². The molecule has 0 atom stereocenters. The molecule has 0 aliphatic heterocycles. The molecule has 3 aromatic rings. The van der Waals surface area contributed by atoms with Crippen LogP contribution in [0.1, 0.15) is 21.9 Å². The molecule has 104 valence electrons. The summed E-state index contributed by atoms with van der Waals surface area (Å²) in [5.41, 5.74) is 1.59. The van der Waals surface area contributed by atoms with Crippen molar-refractivity contribution < 1.29 is 13.6 Å². The molecule has 2 heterocycles. The highest BCUT2D eigenvalue weighted by Crippen LogP contribution is 2.39. The first-order valence-electron chi connectivity index (χ1n) is 6.32. The van der Waals surface area contributed by atoms with Gasteiger partial charge in [0.05, 0.1) is 17.1 Å². The van der Waals surface area contributed by atoms with Crippen LogP contribution in [0.2, 0.25) is 5.02 Å². The monoisotopic (exact) mass is 291 g/mol. The number of fused-ring (bicyclic) bond motifs is 2. The van der Waals surface area contributed by atoms with Crippen molar-refractivity contribution in [2.24, 2.45) is 0 Å². The smallest absolute Gasteiger partial charge is 0.181 e. The Kier molecular flexibility index (Phi) is 3.07. The molecule has 0 aliphatic carbocycles. The van der Waals surface area contributed by atoms with Gasteiger partial charge in [-0.05, 0) is 33.0 Å². The fourth-order valence-electron chi connectivity index (χ4n) is 2.50. The van der Waals surface area contributed by atoms with Gasteiger partial charge in [0.1, 0.15) is 17.1 Å². The highest BCUT2D eigenvalue weighted by Gasteiger charge is 2.23. The van der Waals surface area contributed by atoms with E-state index in [9.17, 15) is 4.79 Å². The second-order valence-corrected chi connectivity index (χ2v) is 5.22. The van der Waals surface area contributed by atoms with Gasteiger partial charge < -0.3 is 14.2 Å². The van der Waals surface area contributed by atoms with E-state index in [1.807, 2.05) is 26.0 Å². The van der Waals surface area contributed by atoms with E-state index in [2.05, 4.69) is 5.32 Å². The van der Waals surface area contributed by atoms with Crippen LogP contribution in [-0.2, 0) is 0 Å². The number of hydrogen-bond acceptors (Lipinski definition) is 4. The third-order valence-electron chi connectivity index (χ3n) is 3.26. The molecular weight excluding hydrogens is 278 g/mol. The molecule has 0 bridgehead atoms. The Hall–Kier alpha value is -1.78. The zero-order valence-electron chi connectivity index (χ0n) is 11.5. The minimum atomic E-state index is -0.0469. The first-order chi connectivity index (χ1) is 9.52. The van der Waals surface area contributed by atoms with E-state index in [0.717, 1.165) is 0 Å². The lowest BCUT2D eigenvalue weighted by Gasteiger charge is -2.04. The van der Waals surface area contributed by atoms with E-state index in [0.29, 0.717) is 44.0 Å². The second kappa shape index (κ2) is 4.65. The third kappa shape index (κ3) is 1.84. The number of likely N-dealkylation sites (N-methyl/N-ethyl adjacent to an activating group) is 1. The van der Waals surface area contributed by atoms with E-state index >= 15 is 0 Å². The predicted octanol–water partition coefficient (Wildman–Crippen LogP) is 3.85. The van der Waals surface area contributed by atoms with Gasteiger partial charge in [0.2, 0.25) is 0 Å². The van der Waals surface area contributed by atoms with E-state index in [1.54, 1.807) is 7.05 Å². The van der Waals surface area contributed by atoms with E-state index in [-0.39, 0.29) is 12.3 Å². The summed E-state index contributed by atoms with van der Waals surface area (Å²) < 4.78 is 11.3. The number of benzene rings is 1. The highest BCUT2D eigenvalue weighted by atomic mass is 35.5. The van der Waals surface area contributed by atoms with Crippen molar-refractivity contribution in [2.75, 3.05) is 13.6 Å². The van der Waals surface area contributed by atoms with Crippen LogP contribution in [0.15, 0.2) is 21.0 Å². The van der Waals surface area contributed by atoms with Gasteiger partial charge in [-0.1, -0.05) is 11.6 Å². The van der Waals surface area contributed by atoms with Gasteiger partial charge in [0.25, 0.3) is 0 Å². The highest BCUT2D eigenvalue weighted by molar-refractivity contribution is 6.41. The Morgan fingerprint density at radius 1 is 1.15 bits per heavy atom. The van der Waals surface area contributed by atoms with E-state index in [4.69, 9.17) is 20.4 Å². The Bertz CT molecular complexity index is 771. The van der Waals surface area contributed by atoms with Gasteiger partial charge in [0.15, 0.2) is 11.4 Å². The molecule has 1 N–H and O–H groups in total. The van der Waals surface area contributed by atoms with Crippen molar-refractivity contribution in [3.63, 3.8) is 0 Å². The summed E-state index contributed by atoms with van der Waals surface area (Å²) in [6.45, 7) is 3.89. The molecule has 3 rings (SSSR count). The molecule has 0 spiro atoms. The van der Waals surface area contributed by atoms with Gasteiger partial charge in [-0.3, -0.25) is 4.79 Å². The summed E-state index contributed by atoms with van der Waals surface area (Å²) in [6, 6.07) is 3.65. The zero-order chi connectivity index (χ0) is 14.4. The minimum Gasteiger partial charge on any atom is -0.461 e. The molecule has 0 aliphatic rings.